The van der Waals surface area contributed by atoms with Crippen molar-refractivity contribution in [2.75, 3.05) is 0 Å². The number of ketones is 1. The van der Waals surface area contributed by atoms with Crippen molar-refractivity contribution >= 4 is 39.1 Å². The zero-order valence-electron chi connectivity index (χ0n) is 14.5. The first-order valence-electron chi connectivity index (χ1n) is 8.47. The number of hydrogen-bond donors (Lipinski definition) is 2. The van der Waals surface area contributed by atoms with Gasteiger partial charge >= 0.3 is 0 Å². The number of amides is 2. The number of benzene rings is 3. The fraction of sp³-hybridized carbons (Fsp3) is 0.190. The quantitative estimate of drug-likeness (QED) is 0.671. The highest BCUT2D eigenvalue weighted by atomic mass is 16.2. The minimum absolute atomic E-state index is 0.0545. The summed E-state index contributed by atoms with van der Waals surface area (Å²) in [5.74, 6) is -1.07. The first kappa shape index (κ1) is 17.6. The Labute approximate surface area is 151 Å². The number of hydrogen-bond acceptors (Lipinski definition) is 3. The van der Waals surface area contributed by atoms with E-state index in [1.807, 2.05) is 54.6 Å². The lowest BCUT2D eigenvalue weighted by Crippen LogP contribution is -2.44. The van der Waals surface area contributed by atoms with Crippen LogP contribution in [0.1, 0.15) is 30.1 Å². The van der Waals surface area contributed by atoms with Gasteiger partial charge in [-0.05, 0) is 41.0 Å². The Morgan fingerprint density at radius 1 is 0.962 bits per heavy atom. The molecule has 0 fully saturated rings. The third-order valence-corrected chi connectivity index (χ3v) is 4.43. The average Bonchev–Trinajstić information content (AvgIpc) is 2.62. The molecule has 3 N–H and O–H groups in total. The van der Waals surface area contributed by atoms with Crippen molar-refractivity contribution < 1.29 is 14.4 Å². The Morgan fingerprint density at radius 2 is 1.50 bits per heavy atom. The summed E-state index contributed by atoms with van der Waals surface area (Å²) in [6, 6.07) is 16.4. The highest BCUT2D eigenvalue weighted by Gasteiger charge is 2.22. The maximum absolute atomic E-state index is 13.0. The van der Waals surface area contributed by atoms with Crippen molar-refractivity contribution in [3.05, 3.63) is 60.2 Å². The number of carbonyl (C=O) groups excluding carboxylic acids is 3. The van der Waals surface area contributed by atoms with Crippen LogP contribution in [0.2, 0.25) is 0 Å². The number of carbonyl (C=O) groups is 3. The van der Waals surface area contributed by atoms with E-state index in [0.29, 0.717) is 5.56 Å². The molecular formula is C21H20N2O3. The fourth-order valence-electron chi connectivity index (χ4n) is 3.12. The van der Waals surface area contributed by atoms with E-state index in [-0.39, 0.29) is 24.5 Å². The van der Waals surface area contributed by atoms with Crippen LogP contribution in [-0.4, -0.2) is 23.6 Å². The lowest BCUT2D eigenvalue weighted by molar-refractivity contribution is -0.120. The molecule has 3 rings (SSSR count). The second-order valence-electron chi connectivity index (χ2n) is 6.36. The van der Waals surface area contributed by atoms with Gasteiger partial charge < -0.3 is 15.8 Å². The fourth-order valence-corrected chi connectivity index (χ4v) is 3.12. The molecule has 0 saturated heterocycles. The molecule has 3 aromatic carbocycles. The zero-order valence-corrected chi connectivity index (χ0v) is 14.5. The minimum atomic E-state index is -0.885. The van der Waals surface area contributed by atoms with Crippen LogP contribution in [0, 0.1) is 0 Å². The van der Waals surface area contributed by atoms with Gasteiger partial charge in [-0.15, -0.1) is 0 Å². The van der Waals surface area contributed by atoms with Gasteiger partial charge in [-0.25, -0.2) is 0 Å². The van der Waals surface area contributed by atoms with Crippen LogP contribution >= 0.6 is 0 Å². The number of primary amides is 1. The molecule has 5 heteroatoms. The summed E-state index contributed by atoms with van der Waals surface area (Å²) in [7, 11) is 0. The Hall–Kier alpha value is -3.21. The maximum Gasteiger partial charge on any atom is 0.253 e. The second-order valence-corrected chi connectivity index (χ2v) is 6.36. The molecule has 0 saturated carbocycles. The van der Waals surface area contributed by atoms with E-state index in [2.05, 4.69) is 5.32 Å². The number of rotatable bonds is 6. The average molecular weight is 348 g/mol. The predicted molar refractivity (Wildman–Crippen MR) is 102 cm³/mol. The lowest BCUT2D eigenvalue weighted by atomic mass is 9.96. The van der Waals surface area contributed by atoms with Crippen molar-refractivity contribution in [1.82, 2.24) is 5.32 Å². The van der Waals surface area contributed by atoms with Crippen LogP contribution in [0.25, 0.3) is 21.5 Å². The van der Waals surface area contributed by atoms with Crippen LogP contribution in [0.15, 0.2) is 54.6 Å². The zero-order chi connectivity index (χ0) is 18.7. The largest absolute Gasteiger partial charge is 0.368 e. The van der Waals surface area contributed by atoms with Gasteiger partial charge in [0, 0.05) is 6.42 Å². The molecule has 0 spiro atoms. The molecular weight excluding hydrogens is 328 g/mol. The van der Waals surface area contributed by atoms with Crippen molar-refractivity contribution in [2.24, 2.45) is 5.73 Å². The number of Topliss-reactive ketones (excluding diaryl/α,β-unsaturated/α-hetero) is 1. The molecule has 132 valence electrons. The normalized spacial score (nSPS) is 12.0. The highest BCUT2D eigenvalue weighted by Crippen LogP contribution is 2.28. The maximum atomic E-state index is 13.0. The van der Waals surface area contributed by atoms with E-state index in [1.54, 1.807) is 0 Å². The Bertz CT molecular complexity index is 956. The van der Waals surface area contributed by atoms with E-state index in [4.69, 9.17) is 5.73 Å². The smallest absolute Gasteiger partial charge is 0.253 e. The first-order valence-corrected chi connectivity index (χ1v) is 8.47. The molecule has 3 aromatic rings. The molecule has 0 heterocycles. The van der Waals surface area contributed by atoms with Crippen LogP contribution in [0.5, 0.6) is 0 Å². The van der Waals surface area contributed by atoms with Gasteiger partial charge in [-0.3, -0.25) is 9.59 Å². The van der Waals surface area contributed by atoms with E-state index in [0.717, 1.165) is 21.5 Å². The summed E-state index contributed by atoms with van der Waals surface area (Å²) in [5.41, 5.74) is 5.92. The SMILES string of the molecule is CC(=O)CC[C@@H](NC(=O)c1c2ccccc2cc2ccccc12)C(N)=O. The summed E-state index contributed by atoms with van der Waals surface area (Å²) < 4.78 is 0. The van der Waals surface area contributed by atoms with Crippen LogP contribution in [0.4, 0.5) is 0 Å². The molecule has 0 aromatic heterocycles. The third-order valence-electron chi connectivity index (χ3n) is 4.43. The van der Waals surface area contributed by atoms with E-state index in [1.165, 1.54) is 6.92 Å². The van der Waals surface area contributed by atoms with Gasteiger partial charge in [0.15, 0.2) is 0 Å². The summed E-state index contributed by atoms with van der Waals surface area (Å²) in [4.78, 5) is 35.9. The highest BCUT2D eigenvalue weighted by molar-refractivity contribution is 6.18. The van der Waals surface area contributed by atoms with Gasteiger partial charge in [0.1, 0.15) is 11.8 Å². The molecule has 0 bridgehead atoms. The number of nitrogens with two attached hydrogens (primary N) is 1. The van der Waals surface area contributed by atoms with E-state index in [9.17, 15) is 14.4 Å². The van der Waals surface area contributed by atoms with Gasteiger partial charge in [0.05, 0.1) is 5.56 Å². The first-order chi connectivity index (χ1) is 12.5. The van der Waals surface area contributed by atoms with E-state index >= 15 is 0 Å². The predicted octanol–water partition coefficient (Wildman–Crippen LogP) is 2.95. The summed E-state index contributed by atoms with van der Waals surface area (Å²) in [5, 5.41) is 6.20. The topological polar surface area (TPSA) is 89.3 Å². The van der Waals surface area contributed by atoms with Crippen molar-refractivity contribution in [2.45, 2.75) is 25.8 Å². The molecule has 0 aliphatic heterocycles. The Morgan fingerprint density at radius 3 is 2.00 bits per heavy atom. The second kappa shape index (κ2) is 7.35. The molecule has 2 amide bonds. The Balaban J connectivity index is 2.05. The molecule has 0 unspecified atom stereocenters. The van der Waals surface area contributed by atoms with Crippen LogP contribution < -0.4 is 11.1 Å². The number of fused-ring (bicyclic) bond motifs is 2. The molecule has 0 radical (unpaired) electrons. The van der Waals surface area contributed by atoms with Gasteiger partial charge in [0.2, 0.25) is 5.91 Å². The van der Waals surface area contributed by atoms with E-state index < -0.39 is 11.9 Å². The standard InChI is InChI=1S/C21H20N2O3/c1-13(24)10-11-18(20(22)25)23-21(26)19-16-8-4-2-6-14(16)12-15-7-3-5-9-17(15)19/h2-9,12,18H,10-11H2,1H3,(H2,22,25)(H,23,26)/t18-/m1/s1. The number of nitrogens with one attached hydrogen (secondary N) is 1. The van der Waals surface area contributed by atoms with Gasteiger partial charge in [-0.2, -0.15) is 0 Å². The monoisotopic (exact) mass is 348 g/mol. The van der Waals surface area contributed by atoms with Gasteiger partial charge in [-0.1, -0.05) is 48.5 Å². The lowest BCUT2D eigenvalue weighted by Gasteiger charge is -2.17. The summed E-state index contributed by atoms with van der Waals surface area (Å²) in [6.45, 7) is 1.44. The van der Waals surface area contributed by atoms with Crippen LogP contribution in [-0.2, 0) is 9.59 Å². The van der Waals surface area contributed by atoms with Crippen molar-refractivity contribution in [3.8, 4) is 0 Å². The third kappa shape index (κ3) is 3.57. The van der Waals surface area contributed by atoms with Crippen LogP contribution in [0.3, 0.4) is 0 Å². The minimum Gasteiger partial charge on any atom is -0.368 e. The van der Waals surface area contributed by atoms with Gasteiger partial charge in [0.25, 0.3) is 5.91 Å². The summed E-state index contributed by atoms with van der Waals surface area (Å²) >= 11 is 0. The Kier molecular flexibility index (Phi) is 4.98. The molecule has 0 aliphatic carbocycles. The molecule has 1 atom stereocenters. The molecule has 26 heavy (non-hydrogen) atoms. The molecule has 5 nitrogen and oxygen atoms in total. The van der Waals surface area contributed by atoms with Crippen molar-refractivity contribution in [1.29, 1.82) is 0 Å². The summed E-state index contributed by atoms with van der Waals surface area (Å²) in [6.07, 6.45) is 0.378. The molecule has 0 aliphatic rings. The van der Waals surface area contributed by atoms with Crippen molar-refractivity contribution in [3.63, 3.8) is 0 Å².